The summed E-state index contributed by atoms with van der Waals surface area (Å²) in [5.41, 5.74) is 1.60. The molecule has 29 heavy (non-hydrogen) atoms. The molecule has 3 rings (SSSR count). The minimum atomic E-state index is -0.166. The van der Waals surface area contributed by atoms with E-state index in [1.54, 1.807) is 37.1 Å². The van der Waals surface area contributed by atoms with Gasteiger partial charge in [0.2, 0.25) is 0 Å². The van der Waals surface area contributed by atoms with E-state index in [-0.39, 0.29) is 17.8 Å². The van der Waals surface area contributed by atoms with E-state index in [0.717, 1.165) is 5.56 Å². The Hall–Kier alpha value is -3.02. The molecule has 0 spiro atoms. The Morgan fingerprint density at radius 2 is 1.76 bits per heavy atom. The third kappa shape index (κ3) is 5.28. The summed E-state index contributed by atoms with van der Waals surface area (Å²) in [6.07, 6.45) is 1.25. The Bertz CT molecular complexity index is 828. The van der Waals surface area contributed by atoms with Gasteiger partial charge in [-0.3, -0.25) is 9.59 Å². The maximum Gasteiger partial charge on any atom is 0.309 e. The molecule has 0 saturated carbocycles. The fraction of sp³-hybridized carbons (Fsp3) is 0.391. The van der Waals surface area contributed by atoms with E-state index in [2.05, 4.69) is 0 Å². The molecule has 1 heterocycles. The Labute approximate surface area is 171 Å². The van der Waals surface area contributed by atoms with Crippen LogP contribution in [-0.2, 0) is 16.1 Å². The van der Waals surface area contributed by atoms with Gasteiger partial charge in [0.15, 0.2) is 11.5 Å². The van der Waals surface area contributed by atoms with Gasteiger partial charge in [-0.15, -0.1) is 0 Å². The Morgan fingerprint density at radius 3 is 2.41 bits per heavy atom. The maximum atomic E-state index is 12.9. The summed E-state index contributed by atoms with van der Waals surface area (Å²) in [7, 11) is 1.56. The van der Waals surface area contributed by atoms with Crippen molar-refractivity contribution in [3.63, 3.8) is 0 Å². The SMILES string of the molecule is CCOC(=O)C1CCN(C(=O)c2ccc(OCc3ccccc3)c(OC)c2)CC1. The molecule has 0 N–H and O–H groups in total. The minimum Gasteiger partial charge on any atom is -0.493 e. The molecule has 0 atom stereocenters. The highest BCUT2D eigenvalue weighted by atomic mass is 16.5. The van der Waals surface area contributed by atoms with Gasteiger partial charge >= 0.3 is 5.97 Å². The number of benzene rings is 2. The molecule has 0 radical (unpaired) electrons. The molecule has 1 aliphatic rings. The number of carbonyl (C=O) groups is 2. The van der Waals surface area contributed by atoms with E-state index >= 15 is 0 Å². The van der Waals surface area contributed by atoms with Gasteiger partial charge in [0.1, 0.15) is 6.61 Å². The molecule has 0 aliphatic carbocycles. The second kappa shape index (κ2) is 9.96. The molecular weight excluding hydrogens is 370 g/mol. The Balaban J connectivity index is 1.62. The van der Waals surface area contributed by atoms with Gasteiger partial charge in [0.05, 0.1) is 19.6 Å². The number of nitrogens with zero attached hydrogens (tertiary/aromatic N) is 1. The first kappa shape index (κ1) is 20.7. The lowest BCUT2D eigenvalue weighted by atomic mass is 9.96. The molecule has 1 amide bonds. The molecule has 0 aromatic heterocycles. The van der Waals surface area contributed by atoms with Gasteiger partial charge in [-0.25, -0.2) is 0 Å². The van der Waals surface area contributed by atoms with E-state index in [0.29, 0.717) is 56.2 Å². The molecule has 154 valence electrons. The highest BCUT2D eigenvalue weighted by Crippen LogP contribution is 2.30. The van der Waals surface area contributed by atoms with Gasteiger partial charge in [0, 0.05) is 18.7 Å². The number of rotatable bonds is 7. The Morgan fingerprint density at radius 1 is 1.03 bits per heavy atom. The van der Waals surface area contributed by atoms with Gasteiger partial charge in [0.25, 0.3) is 5.91 Å². The number of carbonyl (C=O) groups excluding carboxylic acids is 2. The van der Waals surface area contributed by atoms with Crippen LogP contribution in [0.1, 0.15) is 35.7 Å². The monoisotopic (exact) mass is 397 g/mol. The quantitative estimate of drug-likeness (QED) is 0.667. The van der Waals surface area contributed by atoms with E-state index < -0.39 is 0 Å². The number of likely N-dealkylation sites (tertiary alicyclic amines) is 1. The third-order valence-corrected chi connectivity index (χ3v) is 5.05. The number of esters is 1. The Kier molecular flexibility index (Phi) is 7.11. The van der Waals surface area contributed by atoms with E-state index in [9.17, 15) is 9.59 Å². The molecule has 6 nitrogen and oxygen atoms in total. The van der Waals surface area contributed by atoms with Crippen LogP contribution in [0.25, 0.3) is 0 Å². The summed E-state index contributed by atoms with van der Waals surface area (Å²) >= 11 is 0. The molecule has 0 unspecified atom stereocenters. The van der Waals surface area contributed by atoms with E-state index in [4.69, 9.17) is 14.2 Å². The van der Waals surface area contributed by atoms with Crippen LogP contribution in [0, 0.1) is 5.92 Å². The minimum absolute atomic E-state index is 0.0692. The zero-order valence-electron chi connectivity index (χ0n) is 16.9. The predicted molar refractivity (Wildman–Crippen MR) is 109 cm³/mol. The van der Waals surface area contributed by atoms with Crippen LogP contribution in [0.4, 0.5) is 0 Å². The second-order valence-corrected chi connectivity index (χ2v) is 6.96. The normalized spacial score (nSPS) is 14.3. The van der Waals surface area contributed by atoms with Gasteiger partial charge in [-0.05, 0) is 43.5 Å². The van der Waals surface area contributed by atoms with Gasteiger partial charge in [-0.2, -0.15) is 0 Å². The third-order valence-electron chi connectivity index (χ3n) is 5.05. The molecule has 6 heteroatoms. The standard InChI is InChI=1S/C23H27NO5/c1-3-28-23(26)18-11-13-24(14-12-18)22(25)19-9-10-20(21(15-19)27-2)29-16-17-7-5-4-6-8-17/h4-10,15,18H,3,11-14,16H2,1-2H3. The molecular formula is C23H27NO5. The van der Waals surface area contributed by atoms with Crippen LogP contribution in [-0.4, -0.2) is 43.6 Å². The van der Waals surface area contributed by atoms with E-state index in [1.165, 1.54) is 0 Å². The van der Waals surface area contributed by atoms with Crippen LogP contribution in [0.3, 0.4) is 0 Å². The first-order valence-corrected chi connectivity index (χ1v) is 9.93. The number of methoxy groups -OCH3 is 1. The highest BCUT2D eigenvalue weighted by Gasteiger charge is 2.29. The zero-order chi connectivity index (χ0) is 20.6. The van der Waals surface area contributed by atoms with Crippen molar-refractivity contribution in [2.45, 2.75) is 26.4 Å². The number of hydrogen-bond acceptors (Lipinski definition) is 5. The van der Waals surface area contributed by atoms with Gasteiger partial charge in [-0.1, -0.05) is 30.3 Å². The van der Waals surface area contributed by atoms with Crippen LogP contribution in [0.5, 0.6) is 11.5 Å². The molecule has 2 aromatic rings. The number of piperidine rings is 1. The molecule has 1 aliphatic heterocycles. The lowest BCUT2D eigenvalue weighted by Crippen LogP contribution is -2.40. The van der Waals surface area contributed by atoms with Crippen molar-refractivity contribution in [1.82, 2.24) is 4.90 Å². The van der Waals surface area contributed by atoms with E-state index in [1.807, 2.05) is 30.3 Å². The fourth-order valence-corrected chi connectivity index (χ4v) is 3.42. The largest absolute Gasteiger partial charge is 0.493 e. The number of ether oxygens (including phenoxy) is 3. The van der Waals surface area contributed by atoms with Crippen LogP contribution < -0.4 is 9.47 Å². The van der Waals surface area contributed by atoms with Crippen LogP contribution in [0.15, 0.2) is 48.5 Å². The number of amides is 1. The van der Waals surface area contributed by atoms with Gasteiger partial charge < -0.3 is 19.1 Å². The lowest BCUT2D eigenvalue weighted by molar-refractivity contribution is -0.149. The molecule has 2 aromatic carbocycles. The average molecular weight is 397 g/mol. The van der Waals surface area contributed by atoms with Crippen molar-refractivity contribution in [1.29, 1.82) is 0 Å². The lowest BCUT2D eigenvalue weighted by Gasteiger charge is -2.31. The average Bonchev–Trinajstić information content (AvgIpc) is 2.78. The summed E-state index contributed by atoms with van der Waals surface area (Å²) in [5.74, 6) is 0.755. The summed E-state index contributed by atoms with van der Waals surface area (Å²) in [5, 5.41) is 0. The van der Waals surface area contributed by atoms with Crippen LogP contribution >= 0.6 is 0 Å². The van der Waals surface area contributed by atoms with Crippen molar-refractivity contribution < 1.29 is 23.8 Å². The summed E-state index contributed by atoms with van der Waals surface area (Å²) < 4.78 is 16.4. The van der Waals surface area contributed by atoms with Crippen molar-refractivity contribution in [2.24, 2.45) is 5.92 Å². The second-order valence-electron chi connectivity index (χ2n) is 6.96. The van der Waals surface area contributed by atoms with Crippen molar-refractivity contribution in [2.75, 3.05) is 26.8 Å². The van der Waals surface area contributed by atoms with Crippen LogP contribution in [0.2, 0.25) is 0 Å². The van der Waals surface area contributed by atoms with Crippen molar-refractivity contribution in [3.8, 4) is 11.5 Å². The van der Waals surface area contributed by atoms with Crippen molar-refractivity contribution in [3.05, 3.63) is 59.7 Å². The topological polar surface area (TPSA) is 65.1 Å². The highest BCUT2D eigenvalue weighted by molar-refractivity contribution is 5.95. The summed E-state index contributed by atoms with van der Waals surface area (Å²) in [6.45, 7) is 3.69. The molecule has 1 saturated heterocycles. The first-order chi connectivity index (χ1) is 14.1. The first-order valence-electron chi connectivity index (χ1n) is 9.93. The number of hydrogen-bond donors (Lipinski definition) is 0. The fourth-order valence-electron chi connectivity index (χ4n) is 3.42. The molecule has 0 bridgehead atoms. The zero-order valence-corrected chi connectivity index (χ0v) is 16.9. The molecule has 1 fully saturated rings. The van der Waals surface area contributed by atoms with Crippen molar-refractivity contribution >= 4 is 11.9 Å². The smallest absolute Gasteiger partial charge is 0.309 e. The summed E-state index contributed by atoms with van der Waals surface area (Å²) in [6, 6.07) is 15.1. The predicted octanol–water partition coefficient (Wildman–Crippen LogP) is 3.69. The summed E-state index contributed by atoms with van der Waals surface area (Å²) in [4.78, 5) is 26.5. The maximum absolute atomic E-state index is 12.9.